The predicted molar refractivity (Wildman–Crippen MR) is 48.7 cm³/mol. The fourth-order valence-electron chi connectivity index (χ4n) is 1.06. The smallest absolute Gasteiger partial charge is 0.340 e. The van der Waals surface area contributed by atoms with Crippen molar-refractivity contribution in [3.8, 4) is 0 Å². The van der Waals surface area contributed by atoms with Crippen molar-refractivity contribution in [1.82, 2.24) is 9.97 Å². The summed E-state index contributed by atoms with van der Waals surface area (Å²) in [6.45, 7) is 0. The van der Waals surface area contributed by atoms with Crippen LogP contribution in [0.3, 0.4) is 0 Å². The van der Waals surface area contributed by atoms with Crippen LogP contribution in [0.5, 0.6) is 0 Å². The van der Waals surface area contributed by atoms with Gasteiger partial charge in [0.05, 0.1) is 0 Å². The molecule has 0 saturated heterocycles. The van der Waals surface area contributed by atoms with Crippen molar-refractivity contribution < 1.29 is 9.90 Å². The third kappa shape index (κ3) is 1.70. The zero-order valence-corrected chi connectivity index (χ0v) is 8.28. The number of aromatic nitrogens is 2. The third-order valence-electron chi connectivity index (χ3n) is 1.93. The van der Waals surface area contributed by atoms with E-state index in [1.165, 1.54) is 6.20 Å². The van der Waals surface area contributed by atoms with E-state index < -0.39 is 5.97 Å². The molecule has 0 atom stereocenters. The van der Waals surface area contributed by atoms with Gasteiger partial charge < -0.3 is 5.11 Å². The van der Waals surface area contributed by atoms with Crippen LogP contribution in [-0.4, -0.2) is 21.0 Å². The third-order valence-corrected chi connectivity index (χ3v) is 2.54. The van der Waals surface area contributed by atoms with Crippen LogP contribution in [-0.2, 0) is 0 Å². The topological polar surface area (TPSA) is 63.1 Å². The zero-order chi connectivity index (χ0) is 9.42. The minimum atomic E-state index is -1.01. The van der Waals surface area contributed by atoms with E-state index >= 15 is 0 Å². The van der Waals surface area contributed by atoms with Gasteiger partial charge in [-0.05, 0) is 28.8 Å². The largest absolute Gasteiger partial charge is 0.478 e. The number of carbonyl (C=O) groups is 1. The summed E-state index contributed by atoms with van der Waals surface area (Å²) in [5.74, 6) is 0.185. The lowest BCUT2D eigenvalue weighted by Gasteiger charge is -1.99. The lowest BCUT2D eigenvalue weighted by molar-refractivity contribution is 0.0694. The number of carboxylic acids is 1. The average molecular weight is 243 g/mol. The molecule has 1 aliphatic carbocycles. The van der Waals surface area contributed by atoms with Crippen LogP contribution in [0.15, 0.2) is 10.8 Å². The SMILES string of the molecule is O=C(O)c1cnc(C2CC2)nc1Br. The van der Waals surface area contributed by atoms with Gasteiger partial charge in [0, 0.05) is 12.1 Å². The highest BCUT2D eigenvalue weighted by Gasteiger charge is 2.27. The minimum absolute atomic E-state index is 0.115. The molecule has 0 radical (unpaired) electrons. The van der Waals surface area contributed by atoms with Gasteiger partial charge in [-0.2, -0.15) is 0 Å². The molecule has 1 N–H and O–H groups in total. The highest BCUT2D eigenvalue weighted by Crippen LogP contribution is 2.38. The lowest BCUT2D eigenvalue weighted by atomic mass is 10.3. The van der Waals surface area contributed by atoms with Crippen LogP contribution >= 0.6 is 15.9 Å². The number of hydrogen-bond donors (Lipinski definition) is 1. The fraction of sp³-hybridized carbons (Fsp3) is 0.375. The number of nitrogens with zero attached hydrogens (tertiary/aromatic N) is 2. The first-order chi connectivity index (χ1) is 6.18. The number of hydrogen-bond acceptors (Lipinski definition) is 3. The summed E-state index contributed by atoms with van der Waals surface area (Å²) in [6, 6.07) is 0. The molecular formula is C8H7BrN2O2. The molecule has 1 heterocycles. The molecule has 5 heteroatoms. The van der Waals surface area contributed by atoms with Crippen molar-refractivity contribution in [2.24, 2.45) is 0 Å². The summed E-state index contributed by atoms with van der Waals surface area (Å²) in [5.41, 5.74) is 0.115. The maximum atomic E-state index is 10.6. The molecule has 0 aromatic carbocycles. The Kier molecular flexibility index (Phi) is 2.03. The highest BCUT2D eigenvalue weighted by molar-refractivity contribution is 9.10. The van der Waals surface area contributed by atoms with Crippen molar-refractivity contribution in [1.29, 1.82) is 0 Å². The van der Waals surface area contributed by atoms with E-state index in [0.29, 0.717) is 10.5 Å². The molecular weight excluding hydrogens is 236 g/mol. The molecule has 0 aliphatic heterocycles. The Hall–Kier alpha value is -0.970. The summed E-state index contributed by atoms with van der Waals surface area (Å²) in [4.78, 5) is 18.7. The maximum Gasteiger partial charge on any atom is 0.340 e. The standard InChI is InChI=1S/C8H7BrN2O2/c9-6-5(8(12)13)3-10-7(11-6)4-1-2-4/h3-4H,1-2H2,(H,12,13). The summed E-state index contributed by atoms with van der Waals surface area (Å²) in [5, 5.41) is 8.70. The normalized spacial score (nSPS) is 15.8. The first-order valence-electron chi connectivity index (χ1n) is 3.94. The van der Waals surface area contributed by atoms with Gasteiger partial charge in [-0.25, -0.2) is 14.8 Å². The van der Waals surface area contributed by atoms with Crippen LogP contribution < -0.4 is 0 Å². The molecule has 1 fully saturated rings. The first-order valence-corrected chi connectivity index (χ1v) is 4.73. The van der Waals surface area contributed by atoms with Gasteiger partial charge in [-0.15, -0.1) is 0 Å². The lowest BCUT2D eigenvalue weighted by Crippen LogP contribution is -2.03. The van der Waals surface area contributed by atoms with E-state index in [9.17, 15) is 4.79 Å². The van der Waals surface area contributed by atoms with Crippen molar-refractivity contribution in [2.75, 3.05) is 0 Å². The molecule has 0 amide bonds. The molecule has 1 aromatic heterocycles. The maximum absolute atomic E-state index is 10.6. The quantitative estimate of drug-likeness (QED) is 0.804. The molecule has 1 aromatic rings. The molecule has 0 unspecified atom stereocenters. The summed E-state index contributed by atoms with van der Waals surface area (Å²) >= 11 is 3.11. The molecule has 1 saturated carbocycles. The molecule has 1 aliphatic rings. The molecule has 4 nitrogen and oxygen atoms in total. The monoisotopic (exact) mass is 242 g/mol. The summed E-state index contributed by atoms with van der Waals surface area (Å²) in [7, 11) is 0. The summed E-state index contributed by atoms with van der Waals surface area (Å²) < 4.78 is 0.372. The second-order valence-corrected chi connectivity index (χ2v) is 3.76. The van der Waals surface area contributed by atoms with Crippen molar-refractivity contribution in [3.63, 3.8) is 0 Å². The van der Waals surface area contributed by atoms with Crippen molar-refractivity contribution >= 4 is 21.9 Å². The Labute approximate surface area is 83.1 Å². The van der Waals surface area contributed by atoms with Crippen LogP contribution in [0, 0.1) is 0 Å². The zero-order valence-electron chi connectivity index (χ0n) is 6.70. The van der Waals surface area contributed by atoms with Crippen molar-refractivity contribution in [2.45, 2.75) is 18.8 Å². The second kappa shape index (κ2) is 3.06. The van der Waals surface area contributed by atoms with Gasteiger partial charge in [0.2, 0.25) is 0 Å². The molecule has 13 heavy (non-hydrogen) atoms. The second-order valence-electron chi connectivity index (χ2n) is 3.01. The van der Waals surface area contributed by atoms with E-state index in [0.717, 1.165) is 18.7 Å². The Morgan fingerprint density at radius 3 is 2.77 bits per heavy atom. The fourth-order valence-corrected chi connectivity index (χ4v) is 1.51. The number of aromatic carboxylic acids is 1. The van der Waals surface area contributed by atoms with Crippen LogP contribution in [0.4, 0.5) is 0 Å². The predicted octanol–water partition coefficient (Wildman–Crippen LogP) is 1.81. The molecule has 0 bridgehead atoms. The molecule has 2 rings (SSSR count). The first kappa shape index (κ1) is 8.62. The highest BCUT2D eigenvalue weighted by atomic mass is 79.9. The minimum Gasteiger partial charge on any atom is -0.478 e. The van der Waals surface area contributed by atoms with E-state index in [1.807, 2.05) is 0 Å². The van der Waals surface area contributed by atoms with Crippen LogP contribution in [0.1, 0.15) is 34.9 Å². The van der Waals surface area contributed by atoms with Gasteiger partial charge in [0.1, 0.15) is 16.0 Å². The van der Waals surface area contributed by atoms with Gasteiger partial charge in [0.15, 0.2) is 0 Å². The Balaban J connectivity index is 2.36. The molecule has 0 spiro atoms. The van der Waals surface area contributed by atoms with Crippen LogP contribution in [0.2, 0.25) is 0 Å². The van der Waals surface area contributed by atoms with E-state index in [-0.39, 0.29) is 5.56 Å². The van der Waals surface area contributed by atoms with Gasteiger partial charge in [-0.3, -0.25) is 0 Å². The number of rotatable bonds is 2. The number of carboxylic acid groups (broad SMARTS) is 1. The van der Waals surface area contributed by atoms with Crippen molar-refractivity contribution in [3.05, 3.63) is 22.2 Å². The van der Waals surface area contributed by atoms with E-state index in [1.54, 1.807) is 0 Å². The van der Waals surface area contributed by atoms with Gasteiger partial charge >= 0.3 is 5.97 Å². The Morgan fingerprint density at radius 2 is 2.31 bits per heavy atom. The van der Waals surface area contributed by atoms with Crippen LogP contribution in [0.25, 0.3) is 0 Å². The Morgan fingerprint density at radius 1 is 1.62 bits per heavy atom. The molecule has 68 valence electrons. The number of halogens is 1. The average Bonchev–Trinajstić information content (AvgIpc) is 2.85. The summed E-state index contributed by atoms with van der Waals surface area (Å²) in [6.07, 6.45) is 3.57. The van der Waals surface area contributed by atoms with Gasteiger partial charge in [0.25, 0.3) is 0 Å². The van der Waals surface area contributed by atoms with E-state index in [4.69, 9.17) is 5.11 Å². The van der Waals surface area contributed by atoms with Gasteiger partial charge in [-0.1, -0.05) is 0 Å². The Bertz CT molecular complexity index is 363. The van der Waals surface area contributed by atoms with E-state index in [2.05, 4.69) is 25.9 Å².